The summed E-state index contributed by atoms with van der Waals surface area (Å²) in [7, 11) is 0. The third kappa shape index (κ3) is 20.9. The SMILES string of the molecule is C=CC(=O)OCC1CC2C3CC(COC(=O)/C=C/C(=O)OC4C5CC6C7CC(COC(=O)CCCCCCC8C(CCCCCC)CCC(CCCCCCCC)C8CCCCCCC(=O)OCC8CC9CC8C8CC(COC(=O)/C=C/C(=O)OCC%10CC%11CC%10C%10CC(COC(=O)C(=C)C)CC%11%10)CC98)C(C7)C6C54)C(C3)C2C1. The average Bonchev–Trinajstić information content (AvgIpc) is 1.52. The van der Waals surface area contributed by atoms with Gasteiger partial charge in [-0.25, -0.2) is 28.8 Å². The number of hydrogen-bond donors (Lipinski definition) is 0. The Balaban J connectivity index is 0.458. The van der Waals surface area contributed by atoms with Crippen molar-refractivity contribution in [1.82, 2.24) is 0 Å². The van der Waals surface area contributed by atoms with E-state index in [-0.39, 0.29) is 30.0 Å². The van der Waals surface area contributed by atoms with Crippen LogP contribution in [0.15, 0.2) is 49.1 Å². The van der Waals surface area contributed by atoms with Gasteiger partial charge in [-0.2, -0.15) is 0 Å². The van der Waals surface area contributed by atoms with E-state index in [2.05, 4.69) is 27.0 Å². The first kappa shape index (κ1) is 84.2. The van der Waals surface area contributed by atoms with Crippen molar-refractivity contribution >= 4 is 47.8 Å². The molecule has 0 spiro atoms. The number of esters is 8. The summed E-state index contributed by atoms with van der Waals surface area (Å²) in [6.07, 6.45) is 54.0. The van der Waals surface area contributed by atoms with Gasteiger partial charge in [0.25, 0.3) is 0 Å². The second kappa shape index (κ2) is 40.0. The highest BCUT2D eigenvalue weighted by atomic mass is 16.6. The third-order valence-corrected chi connectivity index (χ3v) is 33.6. The molecule has 14 aliphatic carbocycles. The number of unbranched alkanes of at least 4 members (excludes halogenated alkanes) is 14. The van der Waals surface area contributed by atoms with Crippen LogP contribution in [0.5, 0.6) is 0 Å². The maximum absolute atomic E-state index is 13.4. The van der Waals surface area contributed by atoms with Crippen molar-refractivity contribution in [2.45, 2.75) is 290 Å². The van der Waals surface area contributed by atoms with Crippen LogP contribution in [0.2, 0.25) is 0 Å². The van der Waals surface area contributed by atoms with Gasteiger partial charge in [-0.3, -0.25) is 9.59 Å². The van der Waals surface area contributed by atoms with Crippen molar-refractivity contribution in [3.63, 3.8) is 0 Å². The highest BCUT2D eigenvalue weighted by Gasteiger charge is 2.71. The van der Waals surface area contributed by atoms with Crippen LogP contribution in [0.1, 0.15) is 284 Å². The molecule has 14 saturated carbocycles. The predicted molar refractivity (Wildman–Crippen MR) is 432 cm³/mol. The lowest BCUT2D eigenvalue weighted by atomic mass is 9.61. The molecular formula is C97H144O16. The Bertz CT molecular complexity index is 3320. The van der Waals surface area contributed by atoms with Gasteiger partial charge >= 0.3 is 47.8 Å². The van der Waals surface area contributed by atoms with Gasteiger partial charge < -0.3 is 37.9 Å². The average molecular weight is 1570 g/mol. The predicted octanol–water partition coefficient (Wildman–Crippen LogP) is 19.7. The molecule has 30 unspecified atom stereocenters. The summed E-state index contributed by atoms with van der Waals surface area (Å²) >= 11 is 0. The van der Waals surface area contributed by atoms with Crippen LogP contribution < -0.4 is 0 Å². The number of carbonyl (C=O) groups excluding carboxylic acids is 8. The first-order valence-electron chi connectivity index (χ1n) is 47.0. The van der Waals surface area contributed by atoms with Crippen LogP contribution in [0, 0.1) is 172 Å². The molecule has 628 valence electrons. The number of rotatable bonds is 47. The zero-order chi connectivity index (χ0) is 78.7. The van der Waals surface area contributed by atoms with Crippen molar-refractivity contribution in [1.29, 1.82) is 0 Å². The van der Waals surface area contributed by atoms with Crippen LogP contribution in [-0.2, 0) is 76.3 Å². The molecule has 0 aromatic heterocycles. The molecule has 0 N–H and O–H groups in total. The minimum atomic E-state index is -0.497. The number of fused-ring (bicyclic) bond motifs is 22. The van der Waals surface area contributed by atoms with E-state index in [1.165, 1.54) is 184 Å². The fourth-order valence-electron chi connectivity index (χ4n) is 28.9. The molecule has 16 nitrogen and oxygen atoms in total. The minimum Gasteiger partial charge on any atom is -0.465 e. The molecule has 0 heterocycles. The molecule has 14 fully saturated rings. The van der Waals surface area contributed by atoms with Crippen LogP contribution >= 0.6 is 0 Å². The van der Waals surface area contributed by atoms with E-state index in [0.717, 1.165) is 120 Å². The standard InChI is InChI=1S/C97H144O16/c1-6-9-11-13-14-20-26-64-32-31-63(25-19-12-10-7-2)73(27-21-16-18-24-30-89(100)109-58-72-46-68-50-81(72)94-82(68)51-86-95(94)96(86)113-93(104)36-35-92(103)111-57-71-44-66-48-79(71)83-40-60(37-75(66)83)52-106-87(98)8-3)74(64)28-22-15-17-23-29-88(99)108-55-69-43-65-47-78(69)84-41-61(38-76(65)84)53-107-90(101)33-34-91(102)110-56-70-45-67-49-80(70)85-42-62(39-77(67)85)54-112-97(105)59(4)5/h8,33-36,60-86,94-96H,3-4,6-7,9-32,37-58H2,1-2,5H3/b34-33+,36-35+. The summed E-state index contributed by atoms with van der Waals surface area (Å²) in [4.78, 5) is 102. The Hall–Kier alpha value is -5.28. The van der Waals surface area contributed by atoms with Gasteiger partial charge in [0.15, 0.2) is 0 Å². The van der Waals surface area contributed by atoms with E-state index in [1.54, 1.807) is 6.92 Å². The topological polar surface area (TPSA) is 210 Å². The normalized spacial score (nSPS) is 38.5. The smallest absolute Gasteiger partial charge is 0.333 e. The van der Waals surface area contributed by atoms with Gasteiger partial charge in [-0.15, -0.1) is 0 Å². The van der Waals surface area contributed by atoms with Crippen molar-refractivity contribution in [2.75, 3.05) is 46.2 Å². The summed E-state index contributed by atoms with van der Waals surface area (Å²) in [5, 5.41) is 0. The molecule has 14 aliphatic rings. The molecule has 0 aromatic carbocycles. The number of hydrogen-bond acceptors (Lipinski definition) is 16. The zero-order valence-electron chi connectivity index (χ0n) is 69.6. The highest BCUT2D eigenvalue weighted by molar-refractivity contribution is 5.92. The Morgan fingerprint density at radius 1 is 0.319 bits per heavy atom. The molecular weight excluding hydrogens is 1420 g/mol. The van der Waals surface area contributed by atoms with Crippen molar-refractivity contribution < 1.29 is 76.3 Å². The van der Waals surface area contributed by atoms with Crippen LogP contribution in [0.4, 0.5) is 0 Å². The van der Waals surface area contributed by atoms with Crippen molar-refractivity contribution in [3.8, 4) is 0 Å². The molecule has 30 atom stereocenters. The van der Waals surface area contributed by atoms with E-state index < -0.39 is 23.9 Å². The maximum atomic E-state index is 13.4. The molecule has 0 amide bonds. The van der Waals surface area contributed by atoms with E-state index in [4.69, 9.17) is 37.9 Å². The zero-order valence-corrected chi connectivity index (χ0v) is 69.6. The number of carbonyl (C=O) groups is 8. The summed E-state index contributed by atoms with van der Waals surface area (Å²) in [5.74, 6) is 13.5. The number of ether oxygens (including phenoxy) is 8. The van der Waals surface area contributed by atoms with Crippen LogP contribution in [0.25, 0.3) is 0 Å². The van der Waals surface area contributed by atoms with Gasteiger partial charge in [0.2, 0.25) is 0 Å². The van der Waals surface area contributed by atoms with Crippen LogP contribution in [-0.4, -0.2) is 100 Å². The molecule has 113 heavy (non-hydrogen) atoms. The fraction of sp³-hybridized carbons (Fsp3) is 0.835. The summed E-state index contributed by atoms with van der Waals surface area (Å²) in [6.45, 7) is 16.6. The highest BCUT2D eigenvalue weighted by Crippen LogP contribution is 2.72. The van der Waals surface area contributed by atoms with Crippen molar-refractivity contribution in [3.05, 3.63) is 49.1 Å². The maximum Gasteiger partial charge on any atom is 0.333 e. The summed E-state index contributed by atoms with van der Waals surface area (Å²) in [6, 6.07) is 0. The van der Waals surface area contributed by atoms with E-state index in [0.29, 0.717) is 213 Å². The Morgan fingerprint density at radius 2 is 0.681 bits per heavy atom. The van der Waals surface area contributed by atoms with Gasteiger partial charge in [0.1, 0.15) is 6.10 Å². The van der Waals surface area contributed by atoms with E-state index in [9.17, 15) is 38.4 Å². The molecule has 8 bridgehead atoms. The Labute approximate surface area is 677 Å². The van der Waals surface area contributed by atoms with Crippen LogP contribution in [0.3, 0.4) is 0 Å². The molecule has 0 aliphatic heterocycles. The lowest BCUT2D eigenvalue weighted by Crippen LogP contribution is -2.35. The Kier molecular flexibility index (Phi) is 29.8. The van der Waals surface area contributed by atoms with Crippen molar-refractivity contribution in [2.24, 2.45) is 172 Å². The lowest BCUT2D eigenvalue weighted by molar-refractivity contribution is -0.147. The molecule has 0 saturated heterocycles. The van der Waals surface area contributed by atoms with Gasteiger partial charge in [0, 0.05) is 60.6 Å². The molecule has 16 heteroatoms. The first-order chi connectivity index (χ1) is 55.0. The quantitative estimate of drug-likeness (QED) is 0.0240. The second-order valence-corrected chi connectivity index (χ2v) is 40.1. The molecule has 0 aromatic rings. The first-order valence-corrected chi connectivity index (χ1v) is 47.0. The second-order valence-electron chi connectivity index (χ2n) is 40.1. The summed E-state index contributed by atoms with van der Waals surface area (Å²) in [5.41, 5.74) is 0.433. The largest absolute Gasteiger partial charge is 0.465 e. The monoisotopic (exact) mass is 1570 g/mol. The van der Waals surface area contributed by atoms with Gasteiger partial charge in [-0.05, 0) is 302 Å². The fourth-order valence-corrected chi connectivity index (χ4v) is 28.9. The summed E-state index contributed by atoms with van der Waals surface area (Å²) < 4.78 is 46.3. The lowest BCUT2D eigenvalue weighted by Gasteiger charge is -2.44. The minimum absolute atomic E-state index is 0.0390. The third-order valence-electron chi connectivity index (χ3n) is 33.6. The Morgan fingerprint density at radius 3 is 1.14 bits per heavy atom. The van der Waals surface area contributed by atoms with E-state index >= 15 is 0 Å². The van der Waals surface area contributed by atoms with E-state index in [1.807, 2.05) is 0 Å². The van der Waals surface area contributed by atoms with Gasteiger partial charge in [-0.1, -0.05) is 143 Å². The van der Waals surface area contributed by atoms with Gasteiger partial charge in [0.05, 0.1) is 46.2 Å². The molecule has 14 rings (SSSR count). The molecule has 0 radical (unpaired) electrons.